The Morgan fingerprint density at radius 1 is 1.39 bits per heavy atom. The van der Waals surface area contributed by atoms with Crippen LogP contribution in [0.3, 0.4) is 0 Å². The molecule has 0 bridgehead atoms. The number of aromatic nitrogens is 1. The SMILES string of the molecule is Cc1ccc(-c2nc(CNC(C)C)cs2)c(Br)c1. The molecule has 0 aliphatic heterocycles. The minimum absolute atomic E-state index is 0.487. The zero-order chi connectivity index (χ0) is 13.1. The Morgan fingerprint density at radius 3 is 2.83 bits per heavy atom. The fraction of sp³-hybridized carbons (Fsp3) is 0.357. The number of hydrogen-bond acceptors (Lipinski definition) is 3. The van der Waals surface area contributed by atoms with Gasteiger partial charge >= 0.3 is 0 Å². The van der Waals surface area contributed by atoms with E-state index in [4.69, 9.17) is 0 Å². The third kappa shape index (κ3) is 3.40. The average molecular weight is 325 g/mol. The predicted octanol–water partition coefficient (Wildman–Crippen LogP) is 4.38. The van der Waals surface area contributed by atoms with Crippen molar-refractivity contribution < 1.29 is 0 Å². The summed E-state index contributed by atoms with van der Waals surface area (Å²) >= 11 is 5.30. The van der Waals surface area contributed by atoms with Crippen molar-refractivity contribution in [1.82, 2.24) is 10.3 Å². The molecule has 0 saturated carbocycles. The molecule has 0 atom stereocenters. The van der Waals surface area contributed by atoms with Gasteiger partial charge in [-0.1, -0.05) is 41.9 Å². The van der Waals surface area contributed by atoms with Crippen molar-refractivity contribution in [2.45, 2.75) is 33.4 Å². The summed E-state index contributed by atoms with van der Waals surface area (Å²) in [6, 6.07) is 6.86. The van der Waals surface area contributed by atoms with Crippen LogP contribution in [0.4, 0.5) is 0 Å². The first kappa shape index (κ1) is 13.7. The summed E-state index contributed by atoms with van der Waals surface area (Å²) in [4.78, 5) is 4.67. The highest BCUT2D eigenvalue weighted by atomic mass is 79.9. The molecule has 1 N–H and O–H groups in total. The summed E-state index contributed by atoms with van der Waals surface area (Å²) in [5.41, 5.74) is 3.53. The number of nitrogens with one attached hydrogen (secondary N) is 1. The van der Waals surface area contributed by atoms with Crippen LogP contribution in [0.2, 0.25) is 0 Å². The number of halogens is 1. The van der Waals surface area contributed by atoms with Gasteiger partial charge in [-0.3, -0.25) is 0 Å². The number of rotatable bonds is 4. The molecular weight excluding hydrogens is 308 g/mol. The molecule has 0 saturated heterocycles. The molecule has 0 unspecified atom stereocenters. The Balaban J connectivity index is 2.18. The second-order valence-corrected chi connectivity index (χ2v) is 6.38. The molecule has 4 heteroatoms. The molecular formula is C14H17BrN2S. The molecule has 0 radical (unpaired) electrons. The molecule has 0 aliphatic carbocycles. The van der Waals surface area contributed by atoms with Gasteiger partial charge in [0.25, 0.3) is 0 Å². The number of hydrogen-bond donors (Lipinski definition) is 1. The van der Waals surface area contributed by atoms with Gasteiger partial charge < -0.3 is 5.32 Å². The van der Waals surface area contributed by atoms with Gasteiger partial charge in [0.1, 0.15) is 5.01 Å². The van der Waals surface area contributed by atoms with Crippen LogP contribution in [-0.4, -0.2) is 11.0 Å². The Morgan fingerprint density at radius 2 is 2.17 bits per heavy atom. The van der Waals surface area contributed by atoms with Crippen LogP contribution in [0.1, 0.15) is 25.1 Å². The summed E-state index contributed by atoms with van der Waals surface area (Å²) in [7, 11) is 0. The van der Waals surface area contributed by atoms with E-state index in [1.54, 1.807) is 11.3 Å². The maximum atomic E-state index is 4.67. The molecule has 2 aromatic rings. The van der Waals surface area contributed by atoms with E-state index in [2.05, 4.69) is 70.6 Å². The lowest BCUT2D eigenvalue weighted by atomic mass is 10.2. The lowest BCUT2D eigenvalue weighted by molar-refractivity contribution is 0.583. The molecule has 0 aliphatic rings. The molecule has 0 fully saturated rings. The zero-order valence-corrected chi connectivity index (χ0v) is 13.2. The van der Waals surface area contributed by atoms with Gasteiger partial charge in [0, 0.05) is 28.0 Å². The largest absolute Gasteiger partial charge is 0.309 e. The molecule has 0 amide bonds. The standard InChI is InChI=1S/C14H17BrN2S/c1-9(2)16-7-11-8-18-14(17-11)12-5-4-10(3)6-13(12)15/h4-6,8-9,16H,7H2,1-3H3. The van der Waals surface area contributed by atoms with Gasteiger partial charge in [-0.15, -0.1) is 11.3 Å². The highest BCUT2D eigenvalue weighted by Gasteiger charge is 2.08. The van der Waals surface area contributed by atoms with Crippen molar-refractivity contribution in [3.63, 3.8) is 0 Å². The van der Waals surface area contributed by atoms with E-state index in [0.29, 0.717) is 6.04 Å². The summed E-state index contributed by atoms with van der Waals surface area (Å²) in [6.07, 6.45) is 0. The van der Waals surface area contributed by atoms with Crippen LogP contribution in [0.15, 0.2) is 28.1 Å². The van der Waals surface area contributed by atoms with E-state index in [1.165, 1.54) is 11.1 Å². The fourth-order valence-corrected chi connectivity index (χ4v) is 3.29. The van der Waals surface area contributed by atoms with Gasteiger partial charge in [-0.05, 0) is 18.6 Å². The molecule has 96 valence electrons. The number of benzene rings is 1. The van der Waals surface area contributed by atoms with Gasteiger partial charge in [-0.2, -0.15) is 0 Å². The minimum Gasteiger partial charge on any atom is -0.309 e. The average Bonchev–Trinajstić information content (AvgIpc) is 2.75. The van der Waals surface area contributed by atoms with Crippen LogP contribution in [-0.2, 0) is 6.54 Å². The monoisotopic (exact) mass is 324 g/mol. The van der Waals surface area contributed by atoms with Crippen LogP contribution < -0.4 is 5.32 Å². The molecule has 1 aromatic carbocycles. The smallest absolute Gasteiger partial charge is 0.124 e. The van der Waals surface area contributed by atoms with Crippen molar-refractivity contribution >= 4 is 27.3 Å². The Kier molecular flexibility index (Phi) is 4.54. The van der Waals surface area contributed by atoms with Crippen LogP contribution in [0.5, 0.6) is 0 Å². The summed E-state index contributed by atoms with van der Waals surface area (Å²) in [5, 5.41) is 6.58. The zero-order valence-electron chi connectivity index (χ0n) is 10.8. The summed E-state index contributed by atoms with van der Waals surface area (Å²) in [5.74, 6) is 0. The van der Waals surface area contributed by atoms with Crippen molar-refractivity contribution in [2.24, 2.45) is 0 Å². The van der Waals surface area contributed by atoms with Gasteiger partial charge in [0.15, 0.2) is 0 Å². The first-order chi connectivity index (χ1) is 8.56. The van der Waals surface area contributed by atoms with Crippen molar-refractivity contribution in [2.75, 3.05) is 0 Å². The lowest BCUT2D eigenvalue weighted by Crippen LogP contribution is -2.21. The lowest BCUT2D eigenvalue weighted by Gasteiger charge is -2.05. The number of aryl methyl sites for hydroxylation is 1. The van der Waals surface area contributed by atoms with Crippen LogP contribution in [0, 0.1) is 6.92 Å². The third-order valence-corrected chi connectivity index (χ3v) is 4.18. The van der Waals surface area contributed by atoms with E-state index in [0.717, 1.165) is 21.7 Å². The molecule has 0 spiro atoms. The normalized spacial score (nSPS) is 11.2. The van der Waals surface area contributed by atoms with Crippen LogP contribution >= 0.6 is 27.3 Å². The molecule has 1 heterocycles. The number of nitrogens with zero attached hydrogens (tertiary/aromatic N) is 1. The van der Waals surface area contributed by atoms with Crippen molar-refractivity contribution in [3.05, 3.63) is 39.3 Å². The number of thiazole rings is 1. The molecule has 18 heavy (non-hydrogen) atoms. The molecule has 2 nitrogen and oxygen atoms in total. The van der Waals surface area contributed by atoms with E-state index >= 15 is 0 Å². The highest BCUT2D eigenvalue weighted by Crippen LogP contribution is 2.31. The summed E-state index contributed by atoms with van der Waals surface area (Å²) in [6.45, 7) is 7.21. The Bertz CT molecular complexity index is 534. The summed E-state index contributed by atoms with van der Waals surface area (Å²) < 4.78 is 1.11. The fourth-order valence-electron chi connectivity index (χ4n) is 1.61. The molecule has 2 rings (SSSR count). The van der Waals surface area contributed by atoms with E-state index in [9.17, 15) is 0 Å². The van der Waals surface area contributed by atoms with Gasteiger partial charge in [-0.25, -0.2) is 4.98 Å². The van der Waals surface area contributed by atoms with Crippen molar-refractivity contribution in [1.29, 1.82) is 0 Å². The Labute approximate surface area is 121 Å². The highest BCUT2D eigenvalue weighted by molar-refractivity contribution is 9.10. The maximum absolute atomic E-state index is 4.67. The first-order valence-corrected chi connectivity index (χ1v) is 7.68. The van der Waals surface area contributed by atoms with E-state index in [1.807, 2.05) is 0 Å². The van der Waals surface area contributed by atoms with E-state index in [-0.39, 0.29) is 0 Å². The van der Waals surface area contributed by atoms with Crippen LogP contribution in [0.25, 0.3) is 10.6 Å². The van der Waals surface area contributed by atoms with Gasteiger partial charge in [0.05, 0.1) is 5.69 Å². The predicted molar refractivity (Wildman–Crippen MR) is 82.0 cm³/mol. The second kappa shape index (κ2) is 5.95. The Hall–Kier alpha value is -0.710. The maximum Gasteiger partial charge on any atom is 0.124 e. The van der Waals surface area contributed by atoms with E-state index < -0.39 is 0 Å². The van der Waals surface area contributed by atoms with Crippen molar-refractivity contribution in [3.8, 4) is 10.6 Å². The minimum atomic E-state index is 0.487. The molecule has 1 aromatic heterocycles. The second-order valence-electron chi connectivity index (χ2n) is 4.66. The quantitative estimate of drug-likeness (QED) is 0.902. The van der Waals surface area contributed by atoms with Gasteiger partial charge in [0.2, 0.25) is 0 Å². The first-order valence-electron chi connectivity index (χ1n) is 6.00. The topological polar surface area (TPSA) is 24.9 Å². The third-order valence-electron chi connectivity index (χ3n) is 2.60.